The van der Waals surface area contributed by atoms with Crippen molar-refractivity contribution < 1.29 is 72.2 Å². The summed E-state index contributed by atoms with van der Waals surface area (Å²) >= 11 is 0. The number of nitrogens with zero attached hydrogens (tertiary/aromatic N) is 12. The first-order valence-corrected chi connectivity index (χ1v) is 46.2. The molecule has 118 heavy (non-hydrogen) atoms. The third-order valence-electron chi connectivity index (χ3n) is 21.8. The number of aliphatic hydroxyl groups excluding tert-OH is 6. The molecule has 0 radical (unpaired) electrons. The van der Waals surface area contributed by atoms with Gasteiger partial charge in [0.15, 0.2) is 5.78 Å². The molecule has 11 unspecified atom stereocenters. The second-order valence-corrected chi connectivity index (χ2v) is 38.2. The van der Waals surface area contributed by atoms with Crippen molar-refractivity contribution in [3.8, 4) is 5.75 Å². The molecule has 29 heteroatoms. The van der Waals surface area contributed by atoms with Crippen LogP contribution in [0.4, 0.5) is 0 Å². The Hall–Kier alpha value is -3.80. The molecule has 0 saturated carbocycles. The number of ketones is 2. The van der Waals surface area contributed by atoms with Crippen molar-refractivity contribution in [1.82, 2.24) is 64.4 Å². The van der Waals surface area contributed by atoms with E-state index in [-0.39, 0.29) is 24.0 Å². The van der Waals surface area contributed by atoms with Crippen molar-refractivity contribution in [2.75, 3.05) is 181 Å². The van der Waals surface area contributed by atoms with Gasteiger partial charge in [0, 0.05) is 77.8 Å². The van der Waals surface area contributed by atoms with E-state index in [1.807, 2.05) is 57.2 Å². The second-order valence-electron chi connectivity index (χ2n) is 36.7. The number of Topliss-reactive ketones (excluding diaryl/α,β-unsaturated/α-hetero) is 2. The Kier molecular flexibility index (Phi) is 62.0. The maximum Gasteiger partial charge on any atom is 0.266 e. The predicted octanol–water partition coefficient (Wildman–Crippen LogP) is 8.62. The average Bonchev–Trinajstić information content (AvgIpc) is 1.19. The van der Waals surface area contributed by atoms with E-state index in [4.69, 9.17) is 18.8 Å². The fraction of sp³-hybridized carbons (Fsp3) is 0.876. The highest BCUT2D eigenvalue weighted by atomic mass is 32.2. The third-order valence-corrected chi connectivity index (χ3v) is 22.5. The van der Waals surface area contributed by atoms with E-state index in [9.17, 15) is 53.4 Å². The monoisotopic (exact) mass is 1700 g/mol. The third kappa shape index (κ3) is 54.1. The summed E-state index contributed by atoms with van der Waals surface area (Å²) in [5.41, 5.74) is 2.07. The van der Waals surface area contributed by atoms with Gasteiger partial charge in [0.2, 0.25) is 12.2 Å². The molecule has 8 N–H and O–H groups in total. The lowest BCUT2D eigenvalue weighted by Gasteiger charge is -2.42. The smallest absolute Gasteiger partial charge is 0.266 e. The van der Waals surface area contributed by atoms with Gasteiger partial charge in [-0.15, -0.1) is 5.10 Å². The molecule has 1 aromatic carbocycles. The number of likely N-dealkylation sites (tertiary alicyclic amines) is 1. The van der Waals surface area contributed by atoms with Crippen LogP contribution in [0.1, 0.15) is 212 Å². The van der Waals surface area contributed by atoms with Gasteiger partial charge in [0.1, 0.15) is 60.4 Å². The fourth-order valence-electron chi connectivity index (χ4n) is 13.1. The zero-order valence-electron chi connectivity index (χ0n) is 79.0. The summed E-state index contributed by atoms with van der Waals surface area (Å²) in [7, 11) is 17.1. The molecule has 3 aliphatic rings. The number of aryl methyl sites for hydroxylation is 1. The van der Waals surface area contributed by atoms with Crippen molar-refractivity contribution in [1.29, 1.82) is 0 Å². The number of aromatic nitrogens is 3. The maximum atomic E-state index is 12.3. The molecule has 3 fully saturated rings. The Morgan fingerprint density at radius 3 is 1.58 bits per heavy atom. The number of aliphatic hydroxyl groups is 6. The SMILES string of the molecule is CC(=O)C1OC(Cn2nncc2CCCN(C)CCC(C)C)C(O)C(O)C1O.CC(=O)CCN(C)CCN(CCC(C)C)CCS(=O)(=O)O.CC(C)CCN(C)C1CN(C)C1.CCC(CCCCN(C)C)C(=O)N(C)CCC(C)C.CCC1OC(Oc2ccc(CN(C)CCC(C)C)cc2)C(O)C(O)C1O.CNCCCN(C)CCC(C)C. The molecule has 1 aromatic heterocycles. The van der Waals surface area contributed by atoms with Gasteiger partial charge in [-0.2, -0.15) is 8.42 Å². The molecule has 0 bridgehead atoms. The quantitative estimate of drug-likeness (QED) is 0.0227. The zero-order valence-corrected chi connectivity index (χ0v) is 79.8. The number of benzene rings is 1. The number of likely N-dealkylation sites (N-methyl/N-ethyl adjacent to an activating group) is 3. The number of unbranched alkanes of at least 4 members (excludes halogenated alkanes) is 1. The topological polar surface area (TPSA) is 327 Å². The van der Waals surface area contributed by atoms with Crippen molar-refractivity contribution in [2.45, 2.75) is 287 Å². The van der Waals surface area contributed by atoms with Crippen LogP contribution in [0.5, 0.6) is 5.75 Å². The van der Waals surface area contributed by atoms with E-state index in [0.717, 1.165) is 134 Å². The predicted molar refractivity (Wildman–Crippen MR) is 480 cm³/mol. The molecule has 0 aliphatic carbocycles. The normalized spacial score (nSPS) is 20.8. The standard InChI is InChI=1S/C20H33NO5.C19H34N4O5.C16H34N2O.C14H30N2O4S.C10H22N2.C10H24N2/c1-5-16-17(22)18(23)19(24)20(26-16)25-15-8-6-14(7-9-15)12-21(4)11-10-13(2)3;1-12(2)7-9-22(4)8-5-6-14-10-20-21-23(14)11-15-16(25)17(26)18(27)19(28-15)13(3)24;1-7-15(10-8-9-12-17(4)5)16(19)18(6)13-11-14(2)3;1-13(2)5-8-16(11-12-21(18,19)20)10-9-15(4)7-6-14(3)17;1-9(2)5-6-12(4)10-7-11(3)8-10;1-10(2)6-9-12(4)8-5-7-11-3/h6-9,13,16-20,22-24H,5,10-12H2,1-4H3;10,12,15-19,25-27H,5-9,11H2,1-4H3;14-15H,7-13H2,1-6H3;13H,5-12H2,1-4H3,(H,18,19,20);9-10H,5-8H2,1-4H3;10-11H,5-9H2,1-4H3. The fourth-order valence-corrected chi connectivity index (χ4v) is 13.6. The van der Waals surface area contributed by atoms with Gasteiger partial charge in [-0.05, 0) is 273 Å². The number of rotatable bonds is 51. The molecule has 1 amide bonds. The van der Waals surface area contributed by atoms with Gasteiger partial charge < -0.3 is 94.3 Å². The van der Waals surface area contributed by atoms with Gasteiger partial charge in [-0.25, -0.2) is 4.68 Å². The maximum absolute atomic E-state index is 12.3. The molecule has 694 valence electrons. The second kappa shape index (κ2) is 64.0. The minimum Gasteiger partial charge on any atom is -0.462 e. The first-order valence-electron chi connectivity index (χ1n) is 44.6. The number of carbonyl (C=O) groups is 3. The van der Waals surface area contributed by atoms with Crippen LogP contribution in [-0.2, 0) is 53.5 Å². The molecule has 28 nitrogen and oxygen atoms in total. The lowest BCUT2D eigenvalue weighted by molar-refractivity contribution is -0.272. The molecule has 5 rings (SSSR count). The van der Waals surface area contributed by atoms with Gasteiger partial charge in [0.05, 0.1) is 30.3 Å². The molecular formula is C89H177N13O15S. The molecule has 2 aromatic rings. The van der Waals surface area contributed by atoms with Crippen LogP contribution in [0.25, 0.3) is 0 Å². The molecule has 3 saturated heterocycles. The van der Waals surface area contributed by atoms with Crippen LogP contribution in [0, 0.1) is 41.4 Å². The summed E-state index contributed by atoms with van der Waals surface area (Å²) in [5, 5.41) is 71.3. The molecule has 3 aliphatic heterocycles. The van der Waals surface area contributed by atoms with Gasteiger partial charge in [0.25, 0.3) is 10.1 Å². The zero-order chi connectivity index (χ0) is 89.9. The number of carbonyl (C=O) groups excluding carboxylic acids is 3. The number of hydrogen-bond donors (Lipinski definition) is 8. The summed E-state index contributed by atoms with van der Waals surface area (Å²) in [4.78, 5) is 55.1. The summed E-state index contributed by atoms with van der Waals surface area (Å²) < 4.78 is 49.1. The first-order chi connectivity index (χ1) is 55.2. The van der Waals surface area contributed by atoms with Crippen LogP contribution in [0.3, 0.4) is 0 Å². The van der Waals surface area contributed by atoms with Gasteiger partial charge >= 0.3 is 0 Å². The average molecular weight is 1700 g/mol. The summed E-state index contributed by atoms with van der Waals surface area (Å²) in [6.45, 7) is 50.3. The van der Waals surface area contributed by atoms with Gasteiger partial charge in [-0.3, -0.25) is 18.9 Å². The Balaban J connectivity index is 0.00000143. The number of nitrogens with one attached hydrogen (secondary N) is 1. The van der Waals surface area contributed by atoms with Crippen molar-refractivity contribution in [2.24, 2.45) is 41.4 Å². The van der Waals surface area contributed by atoms with Crippen LogP contribution < -0.4 is 10.1 Å². The minimum absolute atomic E-state index is 0.146. The lowest BCUT2D eigenvalue weighted by Crippen LogP contribution is -2.60. The summed E-state index contributed by atoms with van der Waals surface area (Å²) in [6, 6.07) is 8.46. The van der Waals surface area contributed by atoms with Crippen LogP contribution in [0.2, 0.25) is 0 Å². The number of ether oxygens (including phenoxy) is 3. The summed E-state index contributed by atoms with van der Waals surface area (Å²) in [5.74, 6) is 4.91. The largest absolute Gasteiger partial charge is 0.462 e. The first kappa shape index (κ1) is 114. The number of hydrogen-bond acceptors (Lipinski definition) is 25. The van der Waals surface area contributed by atoms with Crippen LogP contribution >= 0.6 is 0 Å². The Labute approximate surface area is 717 Å². The Morgan fingerprint density at radius 1 is 0.568 bits per heavy atom. The summed E-state index contributed by atoms with van der Waals surface area (Å²) in [6.07, 6.45) is 5.61. The van der Waals surface area contributed by atoms with E-state index < -0.39 is 77.1 Å². The highest BCUT2D eigenvalue weighted by molar-refractivity contribution is 7.85. The highest BCUT2D eigenvalue weighted by Crippen LogP contribution is 2.28. The molecule has 11 atom stereocenters. The van der Waals surface area contributed by atoms with Crippen molar-refractivity contribution in [3.05, 3.63) is 41.7 Å². The number of amides is 1. The van der Waals surface area contributed by atoms with E-state index in [1.54, 1.807) is 17.8 Å². The van der Waals surface area contributed by atoms with E-state index in [0.29, 0.717) is 61.3 Å². The Morgan fingerprint density at radius 2 is 1.08 bits per heavy atom. The van der Waals surface area contributed by atoms with Crippen molar-refractivity contribution in [3.63, 3.8) is 0 Å². The molecular weight excluding hydrogens is 1520 g/mol. The van der Waals surface area contributed by atoms with Crippen LogP contribution in [0.15, 0.2) is 30.5 Å². The van der Waals surface area contributed by atoms with E-state index >= 15 is 0 Å². The highest BCUT2D eigenvalue weighted by Gasteiger charge is 2.46. The Bertz CT molecular complexity index is 2950. The van der Waals surface area contributed by atoms with E-state index in [1.165, 1.54) is 83.7 Å². The van der Waals surface area contributed by atoms with Crippen molar-refractivity contribution >= 4 is 27.6 Å². The van der Waals surface area contributed by atoms with Gasteiger partial charge in [-0.1, -0.05) is 121 Å². The molecule has 4 heterocycles. The van der Waals surface area contributed by atoms with E-state index in [2.05, 4.69) is 194 Å². The lowest BCUT2D eigenvalue weighted by atomic mass is 9.93. The minimum atomic E-state index is -3.92. The van der Waals surface area contributed by atoms with Crippen LogP contribution in [-0.4, -0.2) is 368 Å². The molecule has 0 spiro atoms.